The Morgan fingerprint density at radius 3 is 1.56 bits per heavy atom. The maximum Gasteiger partial charge on any atom is 0.251 e. The summed E-state index contributed by atoms with van der Waals surface area (Å²) < 4.78 is 12.4. The number of ether oxygens (including phenoxy) is 2. The Labute approximate surface area is 297 Å². The lowest BCUT2D eigenvalue weighted by Crippen LogP contribution is -2.36. The molecule has 0 saturated carbocycles. The van der Waals surface area contributed by atoms with Crippen molar-refractivity contribution in [3.05, 3.63) is 35.4 Å². The van der Waals surface area contributed by atoms with Crippen molar-refractivity contribution in [3.8, 4) is 0 Å². The summed E-state index contributed by atoms with van der Waals surface area (Å²) in [5.41, 5.74) is 2.08. The van der Waals surface area contributed by atoms with Crippen LogP contribution in [0.4, 0.5) is 0 Å². The molecule has 1 saturated heterocycles. The van der Waals surface area contributed by atoms with E-state index in [0.717, 1.165) is 44.7 Å². The molecule has 5 heteroatoms. The van der Waals surface area contributed by atoms with Crippen LogP contribution in [0.2, 0.25) is 0 Å². The van der Waals surface area contributed by atoms with E-state index in [2.05, 4.69) is 36.6 Å². The van der Waals surface area contributed by atoms with Crippen molar-refractivity contribution < 1.29 is 14.3 Å². The van der Waals surface area contributed by atoms with Gasteiger partial charge in [0.1, 0.15) is 0 Å². The smallest absolute Gasteiger partial charge is 0.251 e. The third-order valence-electron chi connectivity index (χ3n) is 10.3. The minimum absolute atomic E-state index is 0.0215. The Hall–Kier alpha value is -1.43. The quantitative estimate of drug-likeness (QED) is 0.0731. The molecule has 1 aromatic carbocycles. The normalized spacial score (nSPS) is 14.4. The lowest BCUT2D eigenvalue weighted by Gasteiger charge is -2.23. The van der Waals surface area contributed by atoms with E-state index in [-0.39, 0.29) is 12.0 Å². The highest BCUT2D eigenvalue weighted by Gasteiger charge is 2.17. The van der Waals surface area contributed by atoms with Crippen LogP contribution < -0.4 is 10.6 Å². The van der Waals surface area contributed by atoms with Crippen LogP contribution in [0.25, 0.3) is 0 Å². The van der Waals surface area contributed by atoms with Gasteiger partial charge in [-0.3, -0.25) is 4.79 Å². The molecule has 0 aliphatic carbocycles. The summed E-state index contributed by atoms with van der Waals surface area (Å²) in [6.45, 7) is 9.29. The molecule has 1 amide bonds. The highest BCUT2D eigenvalue weighted by Crippen LogP contribution is 2.25. The number of amides is 1. The lowest BCUT2D eigenvalue weighted by molar-refractivity contribution is -0.0170. The highest BCUT2D eigenvalue weighted by molar-refractivity contribution is 5.94. The number of hydrogen-bond acceptors (Lipinski definition) is 4. The molecule has 1 aromatic rings. The first kappa shape index (κ1) is 42.7. The van der Waals surface area contributed by atoms with Crippen molar-refractivity contribution in [1.29, 1.82) is 0 Å². The summed E-state index contributed by atoms with van der Waals surface area (Å²) in [6, 6.07) is 8.26. The van der Waals surface area contributed by atoms with Gasteiger partial charge in [0.05, 0.1) is 12.7 Å². The van der Waals surface area contributed by atoms with Crippen molar-refractivity contribution >= 4 is 5.91 Å². The third-order valence-corrected chi connectivity index (χ3v) is 10.3. The van der Waals surface area contributed by atoms with Gasteiger partial charge in [0, 0.05) is 25.3 Å². The molecule has 0 aromatic heterocycles. The van der Waals surface area contributed by atoms with Crippen LogP contribution >= 0.6 is 0 Å². The summed E-state index contributed by atoms with van der Waals surface area (Å²) in [5, 5.41) is 6.58. The van der Waals surface area contributed by atoms with Gasteiger partial charge < -0.3 is 20.1 Å². The van der Waals surface area contributed by atoms with Gasteiger partial charge >= 0.3 is 0 Å². The van der Waals surface area contributed by atoms with Crippen molar-refractivity contribution in [2.24, 2.45) is 0 Å². The van der Waals surface area contributed by atoms with Gasteiger partial charge in [0.2, 0.25) is 0 Å². The van der Waals surface area contributed by atoms with Gasteiger partial charge in [-0.1, -0.05) is 167 Å². The monoisotopic (exact) mass is 671 g/mol. The Morgan fingerprint density at radius 1 is 0.646 bits per heavy atom. The molecule has 1 unspecified atom stereocenters. The van der Waals surface area contributed by atoms with Crippen LogP contribution in [0.5, 0.6) is 0 Å². The maximum atomic E-state index is 13.0. The molecule has 1 aliphatic rings. The van der Waals surface area contributed by atoms with Crippen LogP contribution in [0.1, 0.15) is 203 Å². The molecule has 278 valence electrons. The largest absolute Gasteiger partial charge is 0.379 e. The summed E-state index contributed by atoms with van der Waals surface area (Å²) >= 11 is 0. The Kier molecular flexibility index (Phi) is 28.1. The summed E-state index contributed by atoms with van der Waals surface area (Å²) in [6.07, 6.45) is 34.5. The van der Waals surface area contributed by atoms with Crippen LogP contribution in [-0.4, -0.2) is 51.5 Å². The molecule has 2 N–H and O–H groups in total. The van der Waals surface area contributed by atoms with Crippen LogP contribution in [0.3, 0.4) is 0 Å². The van der Waals surface area contributed by atoms with E-state index >= 15 is 0 Å². The molecule has 0 spiro atoms. The molecule has 0 radical (unpaired) electrons. The molecule has 1 heterocycles. The number of hydrogen-bond donors (Lipinski definition) is 2. The molecular formula is C43H78N2O3. The average Bonchev–Trinajstić information content (AvgIpc) is 3.12. The zero-order valence-electron chi connectivity index (χ0n) is 31.8. The maximum absolute atomic E-state index is 13.0. The van der Waals surface area contributed by atoms with Crippen molar-refractivity contribution in [2.45, 2.75) is 193 Å². The van der Waals surface area contributed by atoms with Crippen molar-refractivity contribution in [3.63, 3.8) is 0 Å². The molecular weight excluding hydrogens is 592 g/mol. The fraction of sp³-hybridized carbons (Fsp3) is 0.837. The van der Waals surface area contributed by atoms with Gasteiger partial charge in [0.15, 0.2) is 0 Å². The predicted octanol–water partition coefficient (Wildman–Crippen LogP) is 11.7. The molecule has 1 fully saturated rings. The van der Waals surface area contributed by atoms with E-state index in [0.29, 0.717) is 19.1 Å². The number of nitrogens with one attached hydrogen (secondary N) is 2. The number of rotatable bonds is 33. The summed E-state index contributed by atoms with van der Waals surface area (Å²) in [5.74, 6) is 0.579. The lowest BCUT2D eigenvalue weighted by atomic mass is 9.90. The first-order chi connectivity index (χ1) is 23.7. The van der Waals surface area contributed by atoms with Gasteiger partial charge in [-0.25, -0.2) is 0 Å². The van der Waals surface area contributed by atoms with Crippen molar-refractivity contribution in [2.75, 3.05) is 39.5 Å². The molecule has 48 heavy (non-hydrogen) atoms. The SMILES string of the molecule is CCCCCCCCCCCCCCOCC(CNC(=O)c1ccc(C2CCNCC2)cc1)OCCCCCCCCCCCCCC. The summed E-state index contributed by atoms with van der Waals surface area (Å²) in [4.78, 5) is 13.0. The Morgan fingerprint density at radius 2 is 1.08 bits per heavy atom. The minimum atomic E-state index is -0.104. The van der Waals surface area contributed by atoms with Gasteiger partial charge in [-0.05, 0) is 62.4 Å². The van der Waals surface area contributed by atoms with E-state index < -0.39 is 0 Å². The van der Waals surface area contributed by atoms with Crippen LogP contribution in [0, 0.1) is 0 Å². The fourth-order valence-electron chi connectivity index (χ4n) is 6.99. The zero-order chi connectivity index (χ0) is 34.2. The van der Waals surface area contributed by atoms with E-state index in [1.807, 2.05) is 12.1 Å². The number of benzene rings is 1. The zero-order valence-corrected chi connectivity index (χ0v) is 31.8. The first-order valence-electron chi connectivity index (χ1n) is 21.0. The van der Waals surface area contributed by atoms with E-state index in [1.165, 1.54) is 160 Å². The topological polar surface area (TPSA) is 59.6 Å². The highest BCUT2D eigenvalue weighted by atomic mass is 16.5. The second-order valence-corrected chi connectivity index (χ2v) is 14.7. The van der Waals surface area contributed by atoms with Crippen LogP contribution in [-0.2, 0) is 9.47 Å². The van der Waals surface area contributed by atoms with Crippen LogP contribution in [0.15, 0.2) is 24.3 Å². The average molecular weight is 671 g/mol. The fourth-order valence-corrected chi connectivity index (χ4v) is 6.99. The molecule has 0 bridgehead atoms. The third kappa shape index (κ3) is 23.1. The van der Waals surface area contributed by atoms with Gasteiger partial charge in [-0.15, -0.1) is 0 Å². The molecule has 1 atom stereocenters. The van der Waals surface area contributed by atoms with E-state index in [9.17, 15) is 4.79 Å². The standard InChI is InChI=1S/C43H78N2O3/c1-3-5-7-9-11-13-15-17-19-21-23-25-35-47-38-42(48-36-26-24-22-20-18-16-14-12-10-8-6-4-2)37-45-43(46)41-29-27-39(28-30-41)40-31-33-44-34-32-40/h27-30,40,42,44H,3-26,31-38H2,1-2H3,(H,45,46). The molecule has 5 nitrogen and oxygen atoms in total. The summed E-state index contributed by atoms with van der Waals surface area (Å²) in [7, 11) is 0. The second kappa shape index (κ2) is 31.5. The number of unbranched alkanes of at least 4 members (excludes halogenated alkanes) is 22. The van der Waals surface area contributed by atoms with Crippen molar-refractivity contribution in [1.82, 2.24) is 10.6 Å². The van der Waals surface area contributed by atoms with E-state index in [4.69, 9.17) is 9.47 Å². The second-order valence-electron chi connectivity index (χ2n) is 14.7. The number of carbonyl (C=O) groups excluding carboxylic acids is 1. The molecule has 2 rings (SSSR count). The van der Waals surface area contributed by atoms with Gasteiger partial charge in [-0.2, -0.15) is 0 Å². The predicted molar refractivity (Wildman–Crippen MR) is 206 cm³/mol. The molecule has 1 aliphatic heterocycles. The Balaban J connectivity index is 1.61. The Bertz CT molecular complexity index is 839. The first-order valence-corrected chi connectivity index (χ1v) is 21.0. The van der Waals surface area contributed by atoms with E-state index in [1.54, 1.807) is 0 Å². The number of carbonyl (C=O) groups is 1. The minimum Gasteiger partial charge on any atom is -0.379 e. The number of piperidine rings is 1. The van der Waals surface area contributed by atoms with Gasteiger partial charge in [0.25, 0.3) is 5.91 Å².